The zero-order chi connectivity index (χ0) is 18.0. The first-order valence-electron chi connectivity index (χ1n) is 8.23. The fourth-order valence-electron chi connectivity index (χ4n) is 3.11. The van der Waals surface area contributed by atoms with Gasteiger partial charge in [0.1, 0.15) is 5.82 Å². The first kappa shape index (κ1) is 17.6. The van der Waals surface area contributed by atoms with Gasteiger partial charge < -0.3 is 5.32 Å². The summed E-state index contributed by atoms with van der Waals surface area (Å²) >= 11 is 0. The molecule has 0 saturated heterocycles. The second-order valence-corrected chi connectivity index (χ2v) is 8.46. The molecule has 0 heterocycles. The zero-order valence-electron chi connectivity index (χ0n) is 14.0. The van der Waals surface area contributed by atoms with Crippen molar-refractivity contribution in [3.8, 4) is 0 Å². The molecular weight excluding hydrogens is 341 g/mol. The molecule has 25 heavy (non-hydrogen) atoms. The Kier molecular flexibility index (Phi) is 4.90. The number of fused-ring (bicyclic) bond motifs is 1. The highest BCUT2D eigenvalue weighted by molar-refractivity contribution is 7.90. The lowest BCUT2D eigenvalue weighted by molar-refractivity contribution is -0.115. The van der Waals surface area contributed by atoms with E-state index in [0.717, 1.165) is 43.2 Å². The van der Waals surface area contributed by atoms with Crippen LogP contribution < -0.4 is 5.32 Å². The van der Waals surface area contributed by atoms with Gasteiger partial charge in [-0.1, -0.05) is 18.2 Å². The highest BCUT2D eigenvalue weighted by Crippen LogP contribution is 2.23. The Labute approximate surface area is 147 Å². The number of carbonyl (C=O) groups is 1. The Hall–Kier alpha value is -2.21. The van der Waals surface area contributed by atoms with Gasteiger partial charge >= 0.3 is 0 Å². The summed E-state index contributed by atoms with van der Waals surface area (Å²) in [6.07, 6.45) is 5.62. The minimum atomic E-state index is -3.47. The van der Waals surface area contributed by atoms with Crippen LogP contribution >= 0.6 is 0 Å². The van der Waals surface area contributed by atoms with Crippen LogP contribution in [0.25, 0.3) is 0 Å². The van der Waals surface area contributed by atoms with E-state index in [-0.39, 0.29) is 22.9 Å². The third kappa shape index (κ3) is 4.25. The van der Waals surface area contributed by atoms with Crippen molar-refractivity contribution < 1.29 is 17.6 Å². The van der Waals surface area contributed by atoms with Gasteiger partial charge in [-0.25, -0.2) is 12.8 Å². The molecule has 0 radical (unpaired) electrons. The van der Waals surface area contributed by atoms with Gasteiger partial charge in [-0.3, -0.25) is 4.79 Å². The molecule has 0 spiro atoms. The van der Waals surface area contributed by atoms with E-state index in [4.69, 9.17) is 0 Å². The molecule has 6 heteroatoms. The molecule has 0 fully saturated rings. The topological polar surface area (TPSA) is 63.2 Å². The van der Waals surface area contributed by atoms with E-state index in [0.29, 0.717) is 0 Å². The van der Waals surface area contributed by atoms with Crippen molar-refractivity contribution in [2.24, 2.45) is 0 Å². The van der Waals surface area contributed by atoms with Crippen LogP contribution in [0.3, 0.4) is 0 Å². The first-order chi connectivity index (χ1) is 11.8. The van der Waals surface area contributed by atoms with E-state index in [1.807, 2.05) is 12.1 Å². The Balaban J connectivity index is 1.75. The maximum Gasteiger partial charge on any atom is 0.228 e. The molecule has 1 N–H and O–H groups in total. The van der Waals surface area contributed by atoms with Crippen molar-refractivity contribution in [1.82, 2.24) is 0 Å². The van der Waals surface area contributed by atoms with Crippen molar-refractivity contribution in [3.63, 3.8) is 0 Å². The van der Waals surface area contributed by atoms with Gasteiger partial charge in [0.15, 0.2) is 9.84 Å². The third-order valence-corrected chi connectivity index (χ3v) is 5.53. The Morgan fingerprint density at radius 3 is 2.52 bits per heavy atom. The standard InChI is InChI=1S/C19H20FNO3S/c1-25(23,24)16-8-9-17(20)18(12-16)21-19(22)11-13-6-7-14-4-2-3-5-15(14)10-13/h6-10,12H,2-5,11H2,1H3,(H,21,22). The van der Waals surface area contributed by atoms with E-state index in [9.17, 15) is 17.6 Å². The predicted molar refractivity (Wildman–Crippen MR) is 94.9 cm³/mol. The summed E-state index contributed by atoms with van der Waals surface area (Å²) < 4.78 is 37.0. The third-order valence-electron chi connectivity index (χ3n) is 4.42. The number of rotatable bonds is 4. The average molecular weight is 361 g/mol. The minimum absolute atomic E-state index is 0.0296. The molecule has 0 bridgehead atoms. The lowest BCUT2D eigenvalue weighted by atomic mass is 9.90. The quantitative estimate of drug-likeness (QED) is 0.850. The molecule has 1 aliphatic carbocycles. The first-order valence-corrected chi connectivity index (χ1v) is 10.1. The van der Waals surface area contributed by atoms with Crippen LogP contribution in [0.5, 0.6) is 0 Å². The summed E-state index contributed by atoms with van der Waals surface area (Å²) in [6.45, 7) is 0. The van der Waals surface area contributed by atoms with Crippen molar-refractivity contribution in [2.45, 2.75) is 37.0 Å². The van der Waals surface area contributed by atoms with Gasteiger partial charge in [0, 0.05) is 6.26 Å². The van der Waals surface area contributed by atoms with Gasteiger partial charge in [-0.2, -0.15) is 0 Å². The molecule has 0 unspecified atom stereocenters. The van der Waals surface area contributed by atoms with E-state index in [1.54, 1.807) is 0 Å². The Morgan fingerprint density at radius 2 is 1.80 bits per heavy atom. The number of halogens is 1. The molecular formula is C19H20FNO3S. The largest absolute Gasteiger partial charge is 0.323 e. The van der Waals surface area contributed by atoms with E-state index < -0.39 is 15.7 Å². The van der Waals surface area contributed by atoms with Crippen LogP contribution in [0, 0.1) is 5.82 Å². The van der Waals surface area contributed by atoms with E-state index in [2.05, 4.69) is 11.4 Å². The number of sulfone groups is 1. The highest BCUT2D eigenvalue weighted by Gasteiger charge is 2.15. The van der Waals surface area contributed by atoms with Gasteiger partial charge in [0.25, 0.3) is 0 Å². The highest BCUT2D eigenvalue weighted by atomic mass is 32.2. The Bertz CT molecular complexity index is 922. The SMILES string of the molecule is CS(=O)(=O)c1ccc(F)c(NC(=O)Cc2ccc3c(c2)CCCC3)c1. The van der Waals surface area contributed by atoms with Crippen LogP contribution in [0.4, 0.5) is 10.1 Å². The number of hydrogen-bond acceptors (Lipinski definition) is 3. The van der Waals surface area contributed by atoms with Crippen molar-refractivity contribution in [3.05, 3.63) is 58.9 Å². The van der Waals surface area contributed by atoms with Gasteiger partial charge in [-0.05, 0) is 60.6 Å². The molecule has 0 aliphatic heterocycles. The van der Waals surface area contributed by atoms with E-state index >= 15 is 0 Å². The molecule has 132 valence electrons. The van der Waals surface area contributed by atoms with Gasteiger partial charge in [-0.15, -0.1) is 0 Å². The molecule has 2 aromatic rings. The zero-order valence-corrected chi connectivity index (χ0v) is 14.8. The average Bonchev–Trinajstić information content (AvgIpc) is 2.55. The second kappa shape index (κ2) is 6.96. The summed E-state index contributed by atoms with van der Waals surface area (Å²) in [4.78, 5) is 12.2. The van der Waals surface area contributed by atoms with Crippen LogP contribution in [-0.2, 0) is 33.9 Å². The number of benzene rings is 2. The molecule has 3 rings (SSSR count). The molecule has 1 aliphatic rings. The lowest BCUT2D eigenvalue weighted by Gasteiger charge is -2.16. The fourth-order valence-corrected chi connectivity index (χ4v) is 3.75. The number of aryl methyl sites for hydroxylation is 2. The number of anilines is 1. The van der Waals surface area contributed by atoms with Crippen LogP contribution in [0.2, 0.25) is 0 Å². The van der Waals surface area contributed by atoms with Gasteiger partial charge in [0.05, 0.1) is 17.0 Å². The summed E-state index contributed by atoms with van der Waals surface area (Å²) in [7, 11) is -3.47. The molecule has 0 saturated carbocycles. The summed E-state index contributed by atoms with van der Waals surface area (Å²) in [5.41, 5.74) is 3.37. The Morgan fingerprint density at radius 1 is 1.08 bits per heavy atom. The maximum absolute atomic E-state index is 13.9. The van der Waals surface area contributed by atoms with Gasteiger partial charge in [0.2, 0.25) is 5.91 Å². The minimum Gasteiger partial charge on any atom is -0.323 e. The maximum atomic E-state index is 13.9. The molecule has 2 aromatic carbocycles. The summed E-state index contributed by atoms with van der Waals surface area (Å²) in [5, 5.41) is 2.47. The molecule has 0 aromatic heterocycles. The fraction of sp³-hybridized carbons (Fsp3) is 0.316. The summed E-state index contributed by atoms with van der Waals surface area (Å²) in [6, 6.07) is 9.40. The number of nitrogens with one attached hydrogen (secondary N) is 1. The monoisotopic (exact) mass is 361 g/mol. The lowest BCUT2D eigenvalue weighted by Crippen LogP contribution is -2.16. The number of carbonyl (C=O) groups excluding carboxylic acids is 1. The smallest absolute Gasteiger partial charge is 0.228 e. The molecule has 4 nitrogen and oxygen atoms in total. The van der Waals surface area contributed by atoms with E-state index in [1.165, 1.54) is 23.6 Å². The number of amides is 1. The van der Waals surface area contributed by atoms with Crippen molar-refractivity contribution in [2.75, 3.05) is 11.6 Å². The van der Waals surface area contributed by atoms with Crippen LogP contribution in [0.15, 0.2) is 41.3 Å². The molecule has 0 atom stereocenters. The normalized spacial score (nSPS) is 14.0. The van der Waals surface area contributed by atoms with Crippen molar-refractivity contribution >= 4 is 21.4 Å². The molecule has 1 amide bonds. The predicted octanol–water partition coefficient (Wildman–Crippen LogP) is 3.29. The second-order valence-electron chi connectivity index (χ2n) is 6.45. The van der Waals surface area contributed by atoms with Crippen LogP contribution in [-0.4, -0.2) is 20.6 Å². The summed E-state index contributed by atoms with van der Waals surface area (Å²) in [5.74, 6) is -1.04. The van der Waals surface area contributed by atoms with Crippen molar-refractivity contribution in [1.29, 1.82) is 0 Å². The number of hydrogen-bond donors (Lipinski definition) is 1. The van der Waals surface area contributed by atoms with Crippen LogP contribution in [0.1, 0.15) is 29.5 Å².